The zero-order valence-electron chi connectivity index (χ0n) is 12.0. The predicted octanol–water partition coefficient (Wildman–Crippen LogP) is 0.644. The molecule has 0 bridgehead atoms. The Morgan fingerprint density at radius 1 is 1.50 bits per heavy atom. The van der Waals surface area contributed by atoms with E-state index in [9.17, 15) is 13.2 Å². The van der Waals surface area contributed by atoms with Crippen LogP contribution in [0, 0.1) is 0 Å². The Morgan fingerprint density at radius 3 is 2.55 bits per heavy atom. The van der Waals surface area contributed by atoms with E-state index in [0.29, 0.717) is 6.42 Å². The van der Waals surface area contributed by atoms with Gasteiger partial charge >= 0.3 is 5.97 Å². The maximum Gasteiger partial charge on any atom is 0.373 e. The molecular formula is C12H20N2O5S. The summed E-state index contributed by atoms with van der Waals surface area (Å²) in [5.41, 5.74) is 4.71. The predicted molar refractivity (Wildman–Crippen MR) is 72.9 cm³/mol. The molecule has 0 saturated heterocycles. The van der Waals surface area contributed by atoms with Crippen LogP contribution in [0.1, 0.15) is 37.1 Å². The van der Waals surface area contributed by atoms with Crippen LogP contribution in [0.3, 0.4) is 0 Å². The molecule has 0 aliphatic heterocycles. The number of sulfonamides is 1. The van der Waals surface area contributed by atoms with E-state index >= 15 is 0 Å². The Balaban J connectivity index is 3.24. The molecule has 1 aromatic heterocycles. The highest BCUT2D eigenvalue weighted by atomic mass is 32.2. The fraction of sp³-hybridized carbons (Fsp3) is 0.583. The van der Waals surface area contributed by atoms with Crippen LogP contribution in [0.4, 0.5) is 0 Å². The molecule has 0 atom stereocenters. The minimum absolute atomic E-state index is 0.0677. The number of esters is 1. The Morgan fingerprint density at radius 2 is 2.10 bits per heavy atom. The summed E-state index contributed by atoms with van der Waals surface area (Å²) in [5.74, 6) is -0.666. The van der Waals surface area contributed by atoms with Crippen molar-refractivity contribution in [3.8, 4) is 0 Å². The number of ether oxygens (including phenoxy) is 1. The van der Waals surface area contributed by atoms with Gasteiger partial charge in [0, 0.05) is 24.6 Å². The highest BCUT2D eigenvalue weighted by molar-refractivity contribution is 7.89. The molecule has 1 rings (SSSR count). The molecule has 1 heterocycles. The SMILES string of the molecule is CCc1oc(C(=O)OC)cc1S(=O)(=O)NC(C)(C)CN. The van der Waals surface area contributed by atoms with E-state index in [4.69, 9.17) is 10.2 Å². The summed E-state index contributed by atoms with van der Waals surface area (Å²) in [4.78, 5) is 11.3. The maximum absolute atomic E-state index is 12.3. The van der Waals surface area contributed by atoms with E-state index < -0.39 is 21.5 Å². The zero-order valence-corrected chi connectivity index (χ0v) is 12.8. The number of rotatable bonds is 6. The molecule has 0 aliphatic rings. The summed E-state index contributed by atoms with van der Waals surface area (Å²) < 4.78 is 36.9. The number of carbonyl (C=O) groups is 1. The maximum atomic E-state index is 12.3. The lowest BCUT2D eigenvalue weighted by atomic mass is 10.1. The van der Waals surface area contributed by atoms with Crippen molar-refractivity contribution in [3.05, 3.63) is 17.6 Å². The number of nitrogens with one attached hydrogen (secondary N) is 1. The first-order valence-electron chi connectivity index (χ1n) is 6.12. The minimum Gasteiger partial charge on any atom is -0.463 e. The molecule has 7 nitrogen and oxygen atoms in total. The largest absolute Gasteiger partial charge is 0.463 e. The van der Waals surface area contributed by atoms with E-state index in [1.54, 1.807) is 20.8 Å². The number of nitrogens with two attached hydrogens (primary N) is 1. The lowest BCUT2D eigenvalue weighted by Crippen LogP contribution is -2.48. The molecule has 114 valence electrons. The summed E-state index contributed by atoms with van der Waals surface area (Å²) in [6, 6.07) is 1.17. The van der Waals surface area contributed by atoms with Gasteiger partial charge in [0.25, 0.3) is 0 Å². The number of aryl methyl sites for hydroxylation is 1. The number of methoxy groups -OCH3 is 1. The fourth-order valence-corrected chi connectivity index (χ4v) is 3.22. The van der Waals surface area contributed by atoms with Crippen molar-refractivity contribution >= 4 is 16.0 Å². The zero-order chi connectivity index (χ0) is 15.6. The average molecular weight is 304 g/mol. The van der Waals surface area contributed by atoms with Gasteiger partial charge in [0.15, 0.2) is 0 Å². The normalized spacial score (nSPS) is 12.4. The van der Waals surface area contributed by atoms with Gasteiger partial charge < -0.3 is 14.9 Å². The van der Waals surface area contributed by atoms with Crippen molar-refractivity contribution < 1.29 is 22.4 Å². The lowest BCUT2D eigenvalue weighted by Gasteiger charge is -2.23. The quantitative estimate of drug-likeness (QED) is 0.746. The van der Waals surface area contributed by atoms with Crippen molar-refractivity contribution in [2.45, 2.75) is 37.6 Å². The molecule has 0 unspecified atom stereocenters. The van der Waals surface area contributed by atoms with Gasteiger partial charge in [0.05, 0.1) is 7.11 Å². The molecule has 1 aromatic rings. The summed E-state index contributed by atoms with van der Waals surface area (Å²) >= 11 is 0. The van der Waals surface area contributed by atoms with Crippen molar-refractivity contribution in [2.24, 2.45) is 5.73 Å². The third-order valence-corrected chi connectivity index (χ3v) is 4.43. The second-order valence-electron chi connectivity index (χ2n) is 4.94. The number of hydrogen-bond donors (Lipinski definition) is 2. The van der Waals surface area contributed by atoms with Gasteiger partial charge in [-0.25, -0.2) is 17.9 Å². The van der Waals surface area contributed by atoms with Gasteiger partial charge in [-0.2, -0.15) is 0 Å². The van der Waals surface area contributed by atoms with E-state index in [-0.39, 0.29) is 23.0 Å². The van der Waals surface area contributed by atoms with Crippen LogP contribution in [-0.2, 0) is 21.2 Å². The van der Waals surface area contributed by atoms with Crippen LogP contribution in [0.5, 0.6) is 0 Å². The average Bonchev–Trinajstić information content (AvgIpc) is 2.81. The Hall–Kier alpha value is -1.38. The molecule has 0 saturated carbocycles. The van der Waals surface area contributed by atoms with Crippen LogP contribution in [-0.4, -0.2) is 33.6 Å². The van der Waals surface area contributed by atoms with E-state index in [1.165, 1.54) is 13.2 Å². The highest BCUT2D eigenvalue weighted by Gasteiger charge is 2.30. The molecule has 0 fully saturated rings. The highest BCUT2D eigenvalue weighted by Crippen LogP contribution is 2.23. The minimum atomic E-state index is -3.83. The van der Waals surface area contributed by atoms with Gasteiger partial charge in [-0.05, 0) is 13.8 Å². The summed E-state index contributed by atoms with van der Waals surface area (Å²) in [6.07, 6.45) is 0.330. The molecule has 0 amide bonds. The number of hydrogen-bond acceptors (Lipinski definition) is 6. The molecule has 3 N–H and O–H groups in total. The lowest BCUT2D eigenvalue weighted by molar-refractivity contribution is 0.0563. The van der Waals surface area contributed by atoms with Gasteiger partial charge in [-0.1, -0.05) is 6.92 Å². The Bertz CT molecular complexity index is 589. The first-order valence-corrected chi connectivity index (χ1v) is 7.60. The summed E-state index contributed by atoms with van der Waals surface area (Å²) in [6.45, 7) is 5.19. The molecule has 0 aliphatic carbocycles. The van der Waals surface area contributed by atoms with Crippen molar-refractivity contribution in [1.29, 1.82) is 0 Å². The third kappa shape index (κ3) is 3.59. The van der Waals surface area contributed by atoms with E-state index in [1.807, 2.05) is 0 Å². The van der Waals surface area contributed by atoms with Gasteiger partial charge in [0.1, 0.15) is 10.7 Å². The number of carbonyl (C=O) groups excluding carboxylic acids is 1. The van der Waals surface area contributed by atoms with Crippen LogP contribution in [0.25, 0.3) is 0 Å². The summed E-state index contributed by atoms with van der Waals surface area (Å²) in [7, 11) is -2.63. The fourth-order valence-electron chi connectivity index (χ4n) is 1.55. The molecule has 20 heavy (non-hydrogen) atoms. The molecule has 8 heteroatoms. The van der Waals surface area contributed by atoms with Gasteiger partial charge in [0.2, 0.25) is 15.8 Å². The van der Waals surface area contributed by atoms with Crippen LogP contribution in [0.2, 0.25) is 0 Å². The first-order chi connectivity index (χ1) is 9.16. The van der Waals surface area contributed by atoms with Gasteiger partial charge in [-0.3, -0.25) is 0 Å². The standard InChI is InChI=1S/C12H20N2O5S/c1-5-8-10(6-9(19-8)11(15)18-4)20(16,17)14-12(2,3)7-13/h6,14H,5,7,13H2,1-4H3. The second-order valence-corrected chi connectivity index (χ2v) is 6.59. The topological polar surface area (TPSA) is 112 Å². The Kier molecular flexibility index (Phi) is 4.95. The van der Waals surface area contributed by atoms with Crippen molar-refractivity contribution in [1.82, 2.24) is 4.72 Å². The molecule has 0 spiro atoms. The van der Waals surface area contributed by atoms with Gasteiger partial charge in [-0.15, -0.1) is 0 Å². The Labute approximate surface area is 118 Å². The smallest absolute Gasteiger partial charge is 0.373 e. The third-order valence-electron chi connectivity index (χ3n) is 2.69. The van der Waals surface area contributed by atoms with Crippen molar-refractivity contribution in [2.75, 3.05) is 13.7 Å². The molecule has 0 aromatic carbocycles. The summed E-state index contributed by atoms with van der Waals surface area (Å²) in [5, 5.41) is 0. The second kappa shape index (κ2) is 5.94. The van der Waals surface area contributed by atoms with E-state index in [2.05, 4.69) is 9.46 Å². The number of furan rings is 1. The first kappa shape index (κ1) is 16.7. The van der Waals surface area contributed by atoms with Crippen LogP contribution in [0.15, 0.2) is 15.4 Å². The van der Waals surface area contributed by atoms with Crippen LogP contribution >= 0.6 is 0 Å². The van der Waals surface area contributed by atoms with Crippen molar-refractivity contribution in [3.63, 3.8) is 0 Å². The molecule has 0 radical (unpaired) electrons. The molecular weight excluding hydrogens is 284 g/mol. The van der Waals surface area contributed by atoms with E-state index in [0.717, 1.165) is 0 Å². The van der Waals surface area contributed by atoms with Crippen LogP contribution < -0.4 is 10.5 Å². The monoisotopic (exact) mass is 304 g/mol.